The molecule has 0 unspecified atom stereocenters. The molecule has 0 aliphatic heterocycles. The Bertz CT molecular complexity index is 65.5. The van der Waals surface area contributed by atoms with E-state index < -0.39 is 5.25 Å². The molecule has 3 heteroatoms. The Morgan fingerprint density at radius 2 is 1.89 bits per heavy atom. The van der Waals surface area contributed by atoms with Crippen LogP contribution in [-0.2, 0) is 0 Å². The van der Waals surface area contributed by atoms with E-state index in [1.165, 1.54) is 0 Å². The van der Waals surface area contributed by atoms with Gasteiger partial charge in [-0.05, 0) is 12.2 Å². The van der Waals surface area contributed by atoms with Gasteiger partial charge in [0.2, 0.25) is 0 Å². The minimum absolute atomic E-state index is 0.00546. The second-order valence-corrected chi connectivity index (χ2v) is 3.28. The van der Waals surface area contributed by atoms with Crippen LogP contribution in [0, 0.1) is 0 Å². The van der Waals surface area contributed by atoms with E-state index in [4.69, 9.17) is 0 Å². The van der Waals surface area contributed by atoms with Crippen molar-refractivity contribution in [3.63, 3.8) is 0 Å². The molecular formula is C6H12F2S. The van der Waals surface area contributed by atoms with Gasteiger partial charge in [-0.25, -0.2) is 0 Å². The molecule has 0 nitrogen and oxygen atoms in total. The summed E-state index contributed by atoms with van der Waals surface area (Å²) < 4.78 is 24.8. The molecule has 56 valence electrons. The molecule has 0 aliphatic carbocycles. The lowest BCUT2D eigenvalue weighted by Gasteiger charge is -2.12. The van der Waals surface area contributed by atoms with E-state index in [2.05, 4.69) is 0 Å². The first-order valence-electron chi connectivity index (χ1n) is 3.14. The number of rotatable bonds is 4. The lowest BCUT2D eigenvalue weighted by Crippen LogP contribution is -2.09. The summed E-state index contributed by atoms with van der Waals surface area (Å²) in [7, 11) is 0. The van der Waals surface area contributed by atoms with Crippen molar-refractivity contribution < 1.29 is 8.78 Å². The third-order valence-corrected chi connectivity index (χ3v) is 1.81. The van der Waals surface area contributed by atoms with Gasteiger partial charge in [-0.3, -0.25) is 0 Å². The zero-order valence-electron chi connectivity index (χ0n) is 5.79. The Hall–Kier alpha value is 0.210. The van der Waals surface area contributed by atoms with Gasteiger partial charge in [0.1, 0.15) is 0 Å². The molecule has 0 saturated heterocycles. The number of hydrogen-bond donors (Lipinski definition) is 0. The van der Waals surface area contributed by atoms with Gasteiger partial charge in [-0.2, -0.15) is 8.78 Å². The third-order valence-electron chi connectivity index (χ3n) is 0.897. The lowest BCUT2D eigenvalue weighted by molar-refractivity contribution is 0.0949. The predicted octanol–water partition coefficient (Wildman–Crippen LogP) is 3.13. The van der Waals surface area contributed by atoms with Crippen molar-refractivity contribution in [1.29, 1.82) is 0 Å². The summed E-state index contributed by atoms with van der Waals surface area (Å²) in [5.41, 5.74) is 0. The molecular weight excluding hydrogens is 142 g/mol. The van der Waals surface area contributed by atoms with Gasteiger partial charge in [0.05, 0.1) is 0 Å². The van der Waals surface area contributed by atoms with Gasteiger partial charge in [0.25, 0.3) is 5.25 Å². The molecule has 0 N–H and O–H groups in total. The Labute approximate surface area is 59.0 Å². The Morgan fingerprint density at radius 1 is 1.33 bits per heavy atom. The first kappa shape index (κ1) is 9.21. The average molecular weight is 154 g/mol. The summed E-state index contributed by atoms with van der Waals surface area (Å²) in [6, 6.07) is 0. The molecule has 0 aromatic carbocycles. The minimum Gasteiger partial charge on any atom is -0.194 e. The molecule has 0 rings (SSSR count). The standard InChI is InChI=1S/C6H12F2S/c1-3-5-6(7,8)9-4-2/h3-5H2,1-2H3. The monoisotopic (exact) mass is 154 g/mol. The first-order valence-corrected chi connectivity index (χ1v) is 4.12. The fraction of sp³-hybridized carbons (Fsp3) is 1.00. The zero-order valence-corrected chi connectivity index (χ0v) is 6.60. The normalized spacial score (nSPS) is 12.0. The van der Waals surface area contributed by atoms with Crippen molar-refractivity contribution in [2.75, 3.05) is 5.75 Å². The maximum Gasteiger partial charge on any atom is 0.293 e. The number of thioether (sulfide) groups is 1. The molecule has 0 aromatic rings. The number of alkyl halides is 2. The molecule has 0 radical (unpaired) electrons. The van der Waals surface area contributed by atoms with Gasteiger partial charge in [0, 0.05) is 6.42 Å². The van der Waals surface area contributed by atoms with Crippen LogP contribution in [0.25, 0.3) is 0 Å². The molecule has 0 aromatic heterocycles. The van der Waals surface area contributed by atoms with Crippen LogP contribution < -0.4 is 0 Å². The summed E-state index contributed by atoms with van der Waals surface area (Å²) >= 11 is 0.725. The van der Waals surface area contributed by atoms with E-state index in [1.54, 1.807) is 13.8 Å². The molecule has 0 aliphatic rings. The lowest BCUT2D eigenvalue weighted by atomic mass is 10.3. The first-order chi connectivity index (χ1) is 4.12. The van der Waals surface area contributed by atoms with E-state index in [0.29, 0.717) is 12.2 Å². The minimum atomic E-state index is -2.48. The van der Waals surface area contributed by atoms with E-state index >= 15 is 0 Å². The van der Waals surface area contributed by atoms with Gasteiger partial charge in [-0.15, -0.1) is 0 Å². The molecule has 0 heterocycles. The fourth-order valence-electron chi connectivity index (χ4n) is 0.574. The van der Waals surface area contributed by atoms with Crippen LogP contribution in [0.3, 0.4) is 0 Å². The smallest absolute Gasteiger partial charge is 0.194 e. The van der Waals surface area contributed by atoms with Gasteiger partial charge in [-0.1, -0.05) is 25.6 Å². The molecule has 0 amide bonds. The summed E-state index contributed by atoms with van der Waals surface area (Å²) in [5, 5.41) is -2.48. The molecule has 0 atom stereocenters. The molecule has 0 spiro atoms. The fourth-order valence-corrected chi connectivity index (χ4v) is 1.35. The van der Waals surface area contributed by atoms with Crippen LogP contribution >= 0.6 is 11.8 Å². The Balaban J connectivity index is 3.43. The summed E-state index contributed by atoms with van der Waals surface area (Å²) in [6.45, 7) is 3.51. The molecule has 9 heavy (non-hydrogen) atoms. The van der Waals surface area contributed by atoms with Crippen molar-refractivity contribution in [2.24, 2.45) is 0 Å². The van der Waals surface area contributed by atoms with E-state index in [-0.39, 0.29) is 6.42 Å². The Morgan fingerprint density at radius 3 is 2.22 bits per heavy atom. The highest BCUT2D eigenvalue weighted by Crippen LogP contribution is 2.32. The number of hydrogen-bond acceptors (Lipinski definition) is 1. The van der Waals surface area contributed by atoms with Crippen LogP contribution in [0.2, 0.25) is 0 Å². The second-order valence-electron chi connectivity index (χ2n) is 1.82. The van der Waals surface area contributed by atoms with Crippen LogP contribution in [-0.4, -0.2) is 11.0 Å². The molecule has 0 saturated carbocycles. The summed E-state index contributed by atoms with van der Waals surface area (Å²) in [4.78, 5) is 0. The van der Waals surface area contributed by atoms with E-state index in [0.717, 1.165) is 11.8 Å². The van der Waals surface area contributed by atoms with Gasteiger partial charge < -0.3 is 0 Å². The predicted molar refractivity (Wildman–Crippen MR) is 38.0 cm³/mol. The quantitative estimate of drug-likeness (QED) is 0.599. The zero-order chi connectivity index (χ0) is 7.33. The molecule has 0 bridgehead atoms. The maximum absolute atomic E-state index is 12.4. The van der Waals surface area contributed by atoms with Crippen molar-refractivity contribution >= 4 is 11.8 Å². The van der Waals surface area contributed by atoms with Crippen LogP contribution in [0.15, 0.2) is 0 Å². The topological polar surface area (TPSA) is 0 Å². The number of halogens is 2. The largest absolute Gasteiger partial charge is 0.293 e. The summed E-state index contributed by atoms with van der Waals surface area (Å²) in [5.74, 6) is 0.493. The average Bonchev–Trinajstić information content (AvgIpc) is 1.64. The van der Waals surface area contributed by atoms with E-state index in [1.807, 2.05) is 0 Å². The SMILES string of the molecule is CCCC(F)(F)SCC. The van der Waals surface area contributed by atoms with Crippen LogP contribution in [0.4, 0.5) is 8.78 Å². The third kappa shape index (κ3) is 4.70. The van der Waals surface area contributed by atoms with Crippen molar-refractivity contribution in [3.05, 3.63) is 0 Å². The Kier molecular flexibility index (Phi) is 4.19. The van der Waals surface area contributed by atoms with Gasteiger partial charge >= 0.3 is 0 Å². The highest BCUT2D eigenvalue weighted by molar-refractivity contribution is 8.00. The highest BCUT2D eigenvalue weighted by atomic mass is 32.2. The second kappa shape index (κ2) is 4.09. The van der Waals surface area contributed by atoms with Crippen LogP contribution in [0.5, 0.6) is 0 Å². The van der Waals surface area contributed by atoms with Gasteiger partial charge in [0.15, 0.2) is 0 Å². The highest BCUT2D eigenvalue weighted by Gasteiger charge is 2.26. The molecule has 0 fully saturated rings. The van der Waals surface area contributed by atoms with Crippen molar-refractivity contribution in [1.82, 2.24) is 0 Å². The van der Waals surface area contributed by atoms with Crippen LogP contribution in [0.1, 0.15) is 26.7 Å². The summed E-state index contributed by atoms with van der Waals surface area (Å²) in [6.07, 6.45) is 0.561. The van der Waals surface area contributed by atoms with E-state index in [9.17, 15) is 8.78 Å². The van der Waals surface area contributed by atoms with Crippen molar-refractivity contribution in [3.8, 4) is 0 Å². The van der Waals surface area contributed by atoms with Crippen molar-refractivity contribution in [2.45, 2.75) is 31.9 Å². The maximum atomic E-state index is 12.4.